The van der Waals surface area contributed by atoms with Crippen molar-refractivity contribution in [3.63, 3.8) is 0 Å². The van der Waals surface area contributed by atoms with E-state index in [1.807, 2.05) is 42.5 Å². The number of ether oxygens (including phenoxy) is 2. The summed E-state index contributed by atoms with van der Waals surface area (Å²) in [5.41, 5.74) is 2.67. The Balaban J connectivity index is 1.24. The minimum atomic E-state index is -0.649. The summed E-state index contributed by atoms with van der Waals surface area (Å²) >= 11 is 6.48. The molecule has 3 heterocycles. The molecule has 44 heavy (non-hydrogen) atoms. The molecule has 0 radical (unpaired) electrons. The molecule has 232 valence electrons. The quantitative estimate of drug-likeness (QED) is 0.313. The number of carbonyl (C=O) groups is 3. The van der Waals surface area contributed by atoms with Crippen LogP contribution < -0.4 is 16.0 Å². The van der Waals surface area contributed by atoms with E-state index >= 15 is 0 Å². The lowest BCUT2D eigenvalue weighted by Crippen LogP contribution is -2.43. The van der Waals surface area contributed by atoms with Crippen LogP contribution in [-0.4, -0.2) is 70.7 Å². The van der Waals surface area contributed by atoms with Crippen LogP contribution in [-0.2, 0) is 20.8 Å². The molecule has 12 heteroatoms. The number of fused-ring (bicyclic) bond motifs is 1. The standard InChI is InChI=1S/C32H37ClN6O5/c1-32(2,3)44-31(42)35-17-26(20-7-5-4-6-8-20)37-27(40)19-39-18-22-10-9-21(15-24(22)29(39)41)28-25(33)16-34-30(38-28)36-23-11-13-43-14-12-23/h4-10,15-16,23,26H,11-14,17-19H2,1-3H3,(H,35,42)(H,37,40)(H,34,36,38). The van der Waals surface area contributed by atoms with Crippen molar-refractivity contribution in [3.05, 3.63) is 76.4 Å². The van der Waals surface area contributed by atoms with Gasteiger partial charge in [-0.3, -0.25) is 9.59 Å². The predicted octanol–water partition coefficient (Wildman–Crippen LogP) is 4.73. The van der Waals surface area contributed by atoms with Gasteiger partial charge in [-0.1, -0.05) is 54.1 Å². The first-order valence-corrected chi connectivity index (χ1v) is 15.0. The number of anilines is 1. The molecule has 0 saturated carbocycles. The highest BCUT2D eigenvalue weighted by Crippen LogP contribution is 2.31. The second-order valence-corrected chi connectivity index (χ2v) is 12.3. The van der Waals surface area contributed by atoms with Crippen LogP contribution in [0.4, 0.5) is 10.7 Å². The van der Waals surface area contributed by atoms with Crippen LogP contribution >= 0.6 is 11.6 Å². The van der Waals surface area contributed by atoms with Crippen molar-refractivity contribution in [2.45, 2.75) is 57.8 Å². The third-order valence-electron chi connectivity index (χ3n) is 7.28. The molecule has 1 unspecified atom stereocenters. The highest BCUT2D eigenvalue weighted by atomic mass is 35.5. The number of amides is 3. The number of nitrogens with one attached hydrogen (secondary N) is 3. The lowest BCUT2D eigenvalue weighted by molar-refractivity contribution is -0.122. The van der Waals surface area contributed by atoms with Gasteiger partial charge in [-0.15, -0.1) is 0 Å². The van der Waals surface area contributed by atoms with Crippen molar-refractivity contribution in [1.82, 2.24) is 25.5 Å². The summed E-state index contributed by atoms with van der Waals surface area (Å²) in [7, 11) is 0. The minimum Gasteiger partial charge on any atom is -0.444 e. The molecular weight excluding hydrogens is 584 g/mol. The molecule has 3 amide bonds. The highest BCUT2D eigenvalue weighted by Gasteiger charge is 2.30. The van der Waals surface area contributed by atoms with Gasteiger partial charge in [0.2, 0.25) is 11.9 Å². The summed E-state index contributed by atoms with van der Waals surface area (Å²) in [6, 6.07) is 14.5. The fraction of sp³-hybridized carbons (Fsp3) is 0.406. The Labute approximate surface area is 261 Å². The largest absolute Gasteiger partial charge is 0.444 e. The van der Waals surface area contributed by atoms with Gasteiger partial charge < -0.3 is 30.3 Å². The second-order valence-electron chi connectivity index (χ2n) is 11.9. The maximum Gasteiger partial charge on any atom is 0.407 e. The van der Waals surface area contributed by atoms with Crippen molar-refractivity contribution < 1.29 is 23.9 Å². The molecule has 0 aliphatic carbocycles. The van der Waals surface area contributed by atoms with E-state index in [1.54, 1.807) is 33.0 Å². The van der Waals surface area contributed by atoms with Crippen molar-refractivity contribution in [2.24, 2.45) is 0 Å². The fourth-order valence-electron chi connectivity index (χ4n) is 5.15. The first kappa shape index (κ1) is 31.2. The summed E-state index contributed by atoms with van der Waals surface area (Å²) in [6.45, 7) is 6.98. The number of hydrogen-bond acceptors (Lipinski definition) is 8. The average Bonchev–Trinajstić information content (AvgIpc) is 3.30. The zero-order valence-electron chi connectivity index (χ0n) is 25.1. The van der Waals surface area contributed by atoms with Crippen LogP contribution in [0.5, 0.6) is 0 Å². The van der Waals surface area contributed by atoms with Gasteiger partial charge >= 0.3 is 6.09 Å². The van der Waals surface area contributed by atoms with E-state index < -0.39 is 17.7 Å². The van der Waals surface area contributed by atoms with Gasteiger partial charge in [-0.05, 0) is 50.8 Å². The maximum atomic E-state index is 13.4. The van der Waals surface area contributed by atoms with Gasteiger partial charge in [0.25, 0.3) is 5.91 Å². The third kappa shape index (κ3) is 8.03. The molecule has 0 spiro atoms. The molecule has 2 aliphatic heterocycles. The van der Waals surface area contributed by atoms with Gasteiger partial charge in [0.1, 0.15) is 12.1 Å². The molecule has 3 aromatic rings. The molecule has 11 nitrogen and oxygen atoms in total. The fourth-order valence-corrected chi connectivity index (χ4v) is 5.35. The third-order valence-corrected chi connectivity index (χ3v) is 7.56. The number of aromatic nitrogens is 2. The molecule has 1 fully saturated rings. The lowest BCUT2D eigenvalue weighted by atomic mass is 10.0. The molecular formula is C32H37ClN6O5. The summed E-state index contributed by atoms with van der Waals surface area (Å²) in [6.07, 6.45) is 2.70. The Morgan fingerprint density at radius 3 is 2.61 bits per heavy atom. The summed E-state index contributed by atoms with van der Waals surface area (Å²) < 4.78 is 10.8. The predicted molar refractivity (Wildman–Crippen MR) is 166 cm³/mol. The summed E-state index contributed by atoms with van der Waals surface area (Å²) in [4.78, 5) is 49.3. The number of halogens is 1. The van der Waals surface area contributed by atoms with Gasteiger partial charge in [0.05, 0.1) is 23.0 Å². The van der Waals surface area contributed by atoms with E-state index in [0.29, 0.717) is 47.6 Å². The first-order valence-electron chi connectivity index (χ1n) is 14.7. The molecule has 3 N–H and O–H groups in total. The molecule has 5 rings (SSSR count). The minimum absolute atomic E-state index is 0.118. The van der Waals surface area contributed by atoms with Crippen LogP contribution in [0.2, 0.25) is 5.02 Å². The Morgan fingerprint density at radius 1 is 1.14 bits per heavy atom. The van der Waals surface area contributed by atoms with E-state index in [1.165, 1.54) is 4.90 Å². The van der Waals surface area contributed by atoms with Crippen LogP contribution in [0.3, 0.4) is 0 Å². The van der Waals surface area contributed by atoms with Crippen LogP contribution in [0.25, 0.3) is 11.3 Å². The van der Waals surface area contributed by atoms with Crippen LogP contribution in [0.15, 0.2) is 54.7 Å². The monoisotopic (exact) mass is 620 g/mol. The van der Waals surface area contributed by atoms with Gasteiger partial charge in [-0.2, -0.15) is 0 Å². The number of nitrogens with zero attached hydrogens (tertiary/aromatic N) is 3. The molecule has 2 aliphatic rings. The molecule has 1 saturated heterocycles. The maximum absolute atomic E-state index is 13.4. The Hall–Kier alpha value is -4.22. The van der Waals surface area contributed by atoms with Gasteiger partial charge in [-0.25, -0.2) is 14.8 Å². The first-order chi connectivity index (χ1) is 21.1. The Bertz CT molecular complexity index is 1510. The van der Waals surface area contributed by atoms with E-state index in [4.69, 9.17) is 21.1 Å². The molecule has 1 atom stereocenters. The van der Waals surface area contributed by atoms with Crippen molar-refractivity contribution in [3.8, 4) is 11.3 Å². The molecule has 0 bridgehead atoms. The van der Waals surface area contributed by atoms with Crippen molar-refractivity contribution in [2.75, 3.05) is 31.6 Å². The lowest BCUT2D eigenvalue weighted by Gasteiger charge is -2.24. The number of hydrogen-bond donors (Lipinski definition) is 3. The summed E-state index contributed by atoms with van der Waals surface area (Å²) in [5, 5.41) is 9.40. The number of rotatable bonds is 9. The van der Waals surface area contributed by atoms with E-state index in [0.717, 1.165) is 24.0 Å². The van der Waals surface area contributed by atoms with E-state index in [-0.39, 0.29) is 30.9 Å². The number of benzene rings is 2. The molecule has 2 aromatic carbocycles. The highest BCUT2D eigenvalue weighted by molar-refractivity contribution is 6.33. The van der Waals surface area contributed by atoms with Gasteiger partial charge in [0, 0.05) is 43.5 Å². The van der Waals surface area contributed by atoms with Crippen molar-refractivity contribution in [1.29, 1.82) is 0 Å². The van der Waals surface area contributed by atoms with E-state index in [2.05, 4.69) is 25.9 Å². The van der Waals surface area contributed by atoms with Gasteiger partial charge in [0.15, 0.2) is 0 Å². The summed E-state index contributed by atoms with van der Waals surface area (Å²) in [5.74, 6) is -0.143. The second kappa shape index (κ2) is 13.6. The number of alkyl carbamates (subject to hydrolysis) is 1. The zero-order valence-corrected chi connectivity index (χ0v) is 25.8. The Morgan fingerprint density at radius 2 is 1.89 bits per heavy atom. The average molecular weight is 621 g/mol. The zero-order chi connectivity index (χ0) is 31.3. The smallest absolute Gasteiger partial charge is 0.407 e. The normalized spacial score (nSPS) is 15.8. The van der Waals surface area contributed by atoms with Crippen molar-refractivity contribution >= 4 is 35.5 Å². The van der Waals surface area contributed by atoms with Crippen LogP contribution in [0.1, 0.15) is 61.1 Å². The Kier molecular flexibility index (Phi) is 9.65. The van der Waals surface area contributed by atoms with Crippen LogP contribution in [0, 0.1) is 0 Å². The molecule has 1 aromatic heterocycles. The number of carbonyl (C=O) groups excluding carboxylic acids is 3. The SMILES string of the molecule is CC(C)(C)OC(=O)NCC(NC(=O)CN1Cc2ccc(-c3nc(NC4CCOCC4)ncc3Cl)cc2C1=O)c1ccccc1. The topological polar surface area (TPSA) is 135 Å². The van der Waals surface area contributed by atoms with E-state index in [9.17, 15) is 14.4 Å².